The number of anilines is 1. The van der Waals surface area contributed by atoms with Crippen LogP contribution in [0.5, 0.6) is 0 Å². The molecule has 142 valence electrons. The molecule has 1 aromatic carbocycles. The zero-order chi connectivity index (χ0) is 18.7. The monoisotopic (exact) mass is 347 g/mol. The van der Waals surface area contributed by atoms with E-state index in [0.717, 1.165) is 86.6 Å². The summed E-state index contributed by atoms with van der Waals surface area (Å²) in [7, 11) is 0. The number of carboxylic acid groups (broad SMARTS) is 1. The molecule has 3 N–H and O–H groups in total. The minimum Gasteiger partial charge on any atom is -0.478 e. The van der Waals surface area contributed by atoms with Crippen LogP contribution in [0.3, 0.4) is 0 Å². The molecule has 0 radical (unpaired) electrons. The Bertz CT molecular complexity index is 537. The van der Waals surface area contributed by atoms with Gasteiger partial charge in [0.2, 0.25) is 0 Å². The number of aromatic carboxylic acids is 1. The van der Waals surface area contributed by atoms with E-state index in [0.29, 0.717) is 5.56 Å². The van der Waals surface area contributed by atoms with E-state index in [1.54, 1.807) is 0 Å². The van der Waals surface area contributed by atoms with Gasteiger partial charge in [0.25, 0.3) is 0 Å². The number of unbranched alkanes of at least 4 members (excludes halogenated alkanes) is 6. The van der Waals surface area contributed by atoms with Crippen molar-refractivity contribution in [1.82, 2.24) is 0 Å². The van der Waals surface area contributed by atoms with Crippen LogP contribution in [0, 0.1) is 0 Å². The molecule has 0 unspecified atom stereocenters. The number of carbonyl (C=O) groups is 1. The number of benzene rings is 1. The summed E-state index contributed by atoms with van der Waals surface area (Å²) in [5, 5.41) is 9.83. The van der Waals surface area contributed by atoms with E-state index in [1.807, 2.05) is 0 Å². The Balaban J connectivity index is 3.22. The second-order valence-electron chi connectivity index (χ2n) is 7.14. The summed E-state index contributed by atoms with van der Waals surface area (Å²) >= 11 is 0. The van der Waals surface area contributed by atoms with Crippen LogP contribution in [0.2, 0.25) is 0 Å². The summed E-state index contributed by atoms with van der Waals surface area (Å²) < 4.78 is 0. The predicted molar refractivity (Wildman–Crippen MR) is 108 cm³/mol. The van der Waals surface area contributed by atoms with E-state index >= 15 is 0 Å². The van der Waals surface area contributed by atoms with Crippen LogP contribution in [-0.2, 0) is 19.3 Å². The smallest absolute Gasteiger partial charge is 0.336 e. The lowest BCUT2D eigenvalue weighted by molar-refractivity contribution is 0.0694. The van der Waals surface area contributed by atoms with Gasteiger partial charge in [0.15, 0.2) is 0 Å². The van der Waals surface area contributed by atoms with Crippen LogP contribution in [-0.4, -0.2) is 11.1 Å². The SMILES string of the molecule is CCCCCc1cc(CCCCC)c(C(=O)O)c(CCCCC)c1N. The molecule has 0 heterocycles. The normalized spacial score (nSPS) is 11.0. The Kier molecular flexibility index (Phi) is 10.3. The first-order chi connectivity index (χ1) is 12.1. The van der Waals surface area contributed by atoms with Gasteiger partial charge in [0, 0.05) is 5.69 Å². The Morgan fingerprint density at radius 3 is 1.80 bits per heavy atom. The quantitative estimate of drug-likeness (QED) is 0.331. The minimum atomic E-state index is -0.815. The first-order valence-corrected chi connectivity index (χ1v) is 10.2. The van der Waals surface area contributed by atoms with Crippen LogP contribution in [0.4, 0.5) is 5.69 Å². The topological polar surface area (TPSA) is 63.3 Å². The average Bonchev–Trinajstić information content (AvgIpc) is 2.58. The molecule has 1 rings (SSSR count). The second kappa shape index (κ2) is 11.9. The number of carboxylic acids is 1. The number of hydrogen-bond donors (Lipinski definition) is 2. The molecule has 0 amide bonds. The summed E-state index contributed by atoms with van der Waals surface area (Å²) in [6.45, 7) is 6.54. The molecule has 0 aliphatic heterocycles. The van der Waals surface area contributed by atoms with Crippen LogP contribution in [0.15, 0.2) is 6.07 Å². The maximum atomic E-state index is 12.0. The fraction of sp³-hybridized carbons (Fsp3) is 0.682. The van der Waals surface area contributed by atoms with Gasteiger partial charge in [-0.15, -0.1) is 0 Å². The van der Waals surface area contributed by atoms with Gasteiger partial charge in [-0.1, -0.05) is 65.4 Å². The molecule has 25 heavy (non-hydrogen) atoms. The molecule has 0 fully saturated rings. The molecule has 0 aliphatic rings. The fourth-order valence-electron chi connectivity index (χ4n) is 3.50. The van der Waals surface area contributed by atoms with Crippen molar-refractivity contribution in [1.29, 1.82) is 0 Å². The van der Waals surface area contributed by atoms with Crippen molar-refractivity contribution in [3.63, 3.8) is 0 Å². The lowest BCUT2D eigenvalue weighted by Gasteiger charge is -2.18. The number of hydrogen-bond acceptors (Lipinski definition) is 2. The second-order valence-corrected chi connectivity index (χ2v) is 7.14. The summed E-state index contributed by atoms with van der Waals surface area (Å²) in [5.41, 5.74) is 10.7. The number of nitrogens with two attached hydrogens (primary N) is 1. The third-order valence-electron chi connectivity index (χ3n) is 4.99. The van der Waals surface area contributed by atoms with Crippen LogP contribution in [0.25, 0.3) is 0 Å². The van der Waals surface area contributed by atoms with Crippen molar-refractivity contribution in [3.05, 3.63) is 28.3 Å². The Labute approximate surface area is 154 Å². The number of nitrogen functional groups attached to an aromatic ring is 1. The van der Waals surface area contributed by atoms with Crippen molar-refractivity contribution in [3.8, 4) is 0 Å². The van der Waals surface area contributed by atoms with Gasteiger partial charge in [-0.25, -0.2) is 4.79 Å². The Morgan fingerprint density at radius 1 is 0.840 bits per heavy atom. The van der Waals surface area contributed by atoms with Gasteiger partial charge >= 0.3 is 5.97 Å². The Hall–Kier alpha value is -1.51. The molecule has 0 saturated carbocycles. The van der Waals surface area contributed by atoms with Crippen molar-refractivity contribution >= 4 is 11.7 Å². The van der Waals surface area contributed by atoms with E-state index in [1.165, 1.54) is 12.8 Å². The summed E-state index contributed by atoms with van der Waals surface area (Å²) in [5.74, 6) is -0.815. The van der Waals surface area contributed by atoms with E-state index in [-0.39, 0.29) is 0 Å². The molecule has 0 spiro atoms. The molecule has 3 nitrogen and oxygen atoms in total. The van der Waals surface area contributed by atoms with E-state index < -0.39 is 5.97 Å². The lowest BCUT2D eigenvalue weighted by atomic mass is 9.88. The third kappa shape index (κ3) is 6.72. The van der Waals surface area contributed by atoms with E-state index in [2.05, 4.69) is 26.8 Å². The van der Waals surface area contributed by atoms with Gasteiger partial charge in [0.05, 0.1) is 5.56 Å². The van der Waals surface area contributed by atoms with E-state index in [9.17, 15) is 9.90 Å². The van der Waals surface area contributed by atoms with Crippen molar-refractivity contribution in [2.24, 2.45) is 0 Å². The highest BCUT2D eigenvalue weighted by atomic mass is 16.4. The first-order valence-electron chi connectivity index (χ1n) is 10.2. The van der Waals surface area contributed by atoms with E-state index in [4.69, 9.17) is 5.73 Å². The van der Waals surface area contributed by atoms with Gasteiger partial charge in [-0.05, 0) is 55.2 Å². The molecule has 1 aromatic rings. The van der Waals surface area contributed by atoms with Gasteiger partial charge in [-0.2, -0.15) is 0 Å². The van der Waals surface area contributed by atoms with Crippen LogP contribution < -0.4 is 5.73 Å². The number of aryl methyl sites for hydroxylation is 2. The standard InChI is InChI=1S/C22H37NO2/c1-4-7-10-13-17-16-18(14-11-8-5-2)21(23)19(15-12-9-6-3)20(17)22(24)25/h16H,4-15,23H2,1-3H3,(H,24,25). The highest BCUT2D eigenvalue weighted by Crippen LogP contribution is 2.30. The van der Waals surface area contributed by atoms with Crippen molar-refractivity contribution in [2.45, 2.75) is 97.8 Å². The van der Waals surface area contributed by atoms with Crippen LogP contribution in [0.1, 0.15) is 106 Å². The average molecular weight is 348 g/mol. The highest BCUT2D eigenvalue weighted by Gasteiger charge is 2.20. The minimum absolute atomic E-state index is 0.490. The molecular formula is C22H37NO2. The summed E-state index contributed by atoms with van der Waals surface area (Å²) in [6, 6.07) is 2.09. The lowest BCUT2D eigenvalue weighted by Crippen LogP contribution is -2.13. The maximum Gasteiger partial charge on any atom is 0.336 e. The molecule has 0 aliphatic carbocycles. The fourth-order valence-corrected chi connectivity index (χ4v) is 3.50. The van der Waals surface area contributed by atoms with Gasteiger partial charge in [-0.3, -0.25) is 0 Å². The summed E-state index contributed by atoms with van der Waals surface area (Å²) in [6.07, 6.45) is 12.7. The third-order valence-corrected chi connectivity index (χ3v) is 4.99. The number of rotatable bonds is 13. The molecule has 0 saturated heterocycles. The Morgan fingerprint density at radius 2 is 1.32 bits per heavy atom. The highest BCUT2D eigenvalue weighted by molar-refractivity contribution is 5.93. The molecule has 0 bridgehead atoms. The van der Waals surface area contributed by atoms with Crippen molar-refractivity contribution in [2.75, 3.05) is 5.73 Å². The van der Waals surface area contributed by atoms with Crippen LogP contribution >= 0.6 is 0 Å². The molecule has 3 heteroatoms. The van der Waals surface area contributed by atoms with Gasteiger partial charge < -0.3 is 10.8 Å². The van der Waals surface area contributed by atoms with Crippen molar-refractivity contribution < 1.29 is 9.90 Å². The maximum absolute atomic E-state index is 12.0. The molecular weight excluding hydrogens is 310 g/mol. The predicted octanol–water partition coefficient (Wildman–Crippen LogP) is 6.17. The van der Waals surface area contributed by atoms with Gasteiger partial charge in [0.1, 0.15) is 0 Å². The first kappa shape index (κ1) is 21.5. The largest absolute Gasteiger partial charge is 0.478 e. The molecule has 0 aromatic heterocycles. The summed E-state index contributed by atoms with van der Waals surface area (Å²) in [4.78, 5) is 12.0. The zero-order valence-corrected chi connectivity index (χ0v) is 16.5. The molecule has 0 atom stereocenters. The zero-order valence-electron chi connectivity index (χ0n) is 16.5.